The van der Waals surface area contributed by atoms with Gasteiger partial charge in [-0.3, -0.25) is 4.68 Å². The number of halogens is 2. The molecule has 2 aromatic carbocycles. The van der Waals surface area contributed by atoms with E-state index in [4.69, 9.17) is 33.0 Å². The highest BCUT2D eigenvalue weighted by Crippen LogP contribution is 2.47. The van der Waals surface area contributed by atoms with Crippen LogP contribution in [0.2, 0.25) is 5.02 Å². The van der Waals surface area contributed by atoms with Crippen molar-refractivity contribution < 1.29 is 14.6 Å². The fraction of sp³-hybridized carbons (Fsp3) is 0.478. The lowest BCUT2D eigenvalue weighted by atomic mass is 9.96. The molecule has 0 spiro atoms. The third kappa shape index (κ3) is 8.13. The molecule has 0 saturated heterocycles. The molecule has 2 N–H and O–H groups in total. The molecule has 8 nitrogen and oxygen atoms in total. The first kappa shape index (κ1) is 41.8. The topological polar surface area (TPSA) is 86.2 Å². The van der Waals surface area contributed by atoms with Gasteiger partial charge in [0.25, 0.3) is 0 Å². The molecule has 0 fully saturated rings. The lowest BCUT2D eigenvalue weighted by Gasteiger charge is -2.22. The SMILES string of the molecule is CCCC(CCC)Cn1nc(C)c(-c2c(Cl)ccc3c(CCCOC4C=C(C)C(Cl)=C(C)C4)c(-c4cn(C)c5ccc(C(=O)O)cc45)n([C@H](C)CNC)c23)c1C. The molecule has 3 aromatic heterocycles. The van der Waals surface area contributed by atoms with Crippen molar-refractivity contribution in [2.45, 2.75) is 112 Å². The van der Waals surface area contributed by atoms with E-state index in [0.717, 1.165) is 110 Å². The van der Waals surface area contributed by atoms with Crippen LogP contribution in [-0.2, 0) is 24.8 Å². The first-order valence-corrected chi connectivity index (χ1v) is 21.1. The van der Waals surface area contributed by atoms with Gasteiger partial charge in [-0.2, -0.15) is 5.10 Å². The van der Waals surface area contributed by atoms with Crippen molar-refractivity contribution in [3.63, 3.8) is 0 Å². The van der Waals surface area contributed by atoms with Gasteiger partial charge >= 0.3 is 5.97 Å². The number of likely N-dealkylation sites (N-methyl/N-ethyl adjacent to an activating group) is 1. The number of hydrogen-bond acceptors (Lipinski definition) is 4. The molecule has 3 heterocycles. The zero-order valence-electron chi connectivity index (χ0n) is 34.7. The van der Waals surface area contributed by atoms with Gasteiger partial charge in [-0.05, 0) is 115 Å². The molecule has 56 heavy (non-hydrogen) atoms. The van der Waals surface area contributed by atoms with Crippen LogP contribution in [-0.4, -0.2) is 56.3 Å². The summed E-state index contributed by atoms with van der Waals surface area (Å²) in [5.74, 6) is -0.382. The molecule has 0 radical (unpaired) electrons. The standard InChI is InChI=1S/C46H59Cl2N5O3/c1-10-13-32(14-11-2)25-52-31(7)41(30(6)50-52)42-39(47)18-17-36-35(15-12-20-56-34-21-27(3)43(48)28(4)22-34)44(53(45(36)42)29(5)24-49-8)38-26-51(9)40-19-16-33(46(54)55)23-37(38)40/h16-19,21,23,26,29,32,34,49H,10-15,20,22,24-25H2,1-9H3,(H,54,55)/t29-,34?/m1/s1. The number of ether oxygens (including phenoxy) is 1. The van der Waals surface area contributed by atoms with Crippen LogP contribution in [0.25, 0.3) is 44.2 Å². The van der Waals surface area contributed by atoms with Gasteiger partial charge in [-0.1, -0.05) is 67.6 Å². The average Bonchev–Trinajstić information content (AvgIpc) is 3.76. The first-order chi connectivity index (χ1) is 26.8. The number of allylic oxidation sites excluding steroid dienone is 2. The van der Waals surface area contributed by atoms with Gasteiger partial charge in [0.1, 0.15) is 0 Å². The summed E-state index contributed by atoms with van der Waals surface area (Å²) in [5, 5.41) is 22.3. The number of hydrogen-bond donors (Lipinski definition) is 2. The third-order valence-corrected chi connectivity index (χ3v) is 12.6. The third-order valence-electron chi connectivity index (χ3n) is 11.7. The molecule has 1 unspecified atom stereocenters. The van der Waals surface area contributed by atoms with Gasteiger partial charge in [0.05, 0.1) is 33.6 Å². The van der Waals surface area contributed by atoms with E-state index in [2.05, 4.69) is 79.0 Å². The van der Waals surface area contributed by atoms with Gasteiger partial charge in [-0.25, -0.2) is 4.79 Å². The Morgan fingerprint density at radius 3 is 2.45 bits per heavy atom. The molecule has 0 bridgehead atoms. The second kappa shape index (κ2) is 17.8. The average molecular weight is 801 g/mol. The Labute approximate surface area is 342 Å². The zero-order chi connectivity index (χ0) is 40.4. The number of carboxylic acid groups (broad SMARTS) is 1. The first-order valence-electron chi connectivity index (χ1n) is 20.3. The highest BCUT2D eigenvalue weighted by molar-refractivity contribution is 6.35. The number of aromatic carboxylic acids is 1. The minimum Gasteiger partial charge on any atom is -0.478 e. The van der Waals surface area contributed by atoms with Crippen LogP contribution in [0.5, 0.6) is 0 Å². The summed E-state index contributed by atoms with van der Waals surface area (Å²) in [6.07, 6.45) is 11.3. The van der Waals surface area contributed by atoms with Crippen LogP contribution in [0, 0.1) is 19.8 Å². The molecule has 5 aromatic rings. The molecule has 1 aliphatic carbocycles. The summed E-state index contributed by atoms with van der Waals surface area (Å²) in [4.78, 5) is 12.3. The van der Waals surface area contributed by atoms with Crippen molar-refractivity contribution in [1.29, 1.82) is 0 Å². The summed E-state index contributed by atoms with van der Waals surface area (Å²) in [6.45, 7) is 17.4. The zero-order valence-corrected chi connectivity index (χ0v) is 36.2. The fourth-order valence-electron chi connectivity index (χ4n) is 9.12. The van der Waals surface area contributed by atoms with Crippen LogP contribution < -0.4 is 5.32 Å². The number of rotatable bonds is 17. The normalized spacial score (nSPS) is 15.5. The van der Waals surface area contributed by atoms with E-state index in [-0.39, 0.29) is 17.7 Å². The number of nitrogens with zero attached hydrogens (tertiary/aromatic N) is 4. The Balaban J connectivity index is 1.58. The Morgan fingerprint density at radius 1 is 1.05 bits per heavy atom. The van der Waals surface area contributed by atoms with Crippen LogP contribution in [0.4, 0.5) is 0 Å². The Bertz CT molecular complexity index is 2300. The van der Waals surface area contributed by atoms with Crippen LogP contribution >= 0.6 is 23.2 Å². The summed E-state index contributed by atoms with van der Waals surface area (Å²) in [5.41, 5.74) is 11.9. The fourth-order valence-corrected chi connectivity index (χ4v) is 9.51. The number of nitrogens with one attached hydrogen (secondary N) is 1. The molecule has 2 atom stereocenters. The summed E-state index contributed by atoms with van der Waals surface area (Å²) in [7, 11) is 4.01. The van der Waals surface area contributed by atoms with Gasteiger partial charge in [-0.15, -0.1) is 0 Å². The van der Waals surface area contributed by atoms with Crippen molar-refractivity contribution in [3.8, 4) is 22.4 Å². The quantitative estimate of drug-likeness (QED) is 0.0915. The molecule has 1 aliphatic rings. The maximum absolute atomic E-state index is 12.3. The maximum Gasteiger partial charge on any atom is 0.335 e. The van der Waals surface area contributed by atoms with Crippen molar-refractivity contribution in [3.05, 3.63) is 86.3 Å². The van der Waals surface area contributed by atoms with E-state index in [1.54, 1.807) is 6.07 Å². The van der Waals surface area contributed by atoms with E-state index in [9.17, 15) is 9.90 Å². The smallest absolute Gasteiger partial charge is 0.335 e. The summed E-state index contributed by atoms with van der Waals surface area (Å²) >= 11 is 13.9. The summed E-state index contributed by atoms with van der Waals surface area (Å²) < 4.78 is 13.3. The van der Waals surface area contributed by atoms with Crippen LogP contribution in [0.1, 0.15) is 106 Å². The number of benzene rings is 2. The maximum atomic E-state index is 12.3. The molecule has 300 valence electrons. The predicted octanol–water partition coefficient (Wildman–Crippen LogP) is 11.8. The molecule has 0 aliphatic heterocycles. The Hall–Kier alpha value is -3.82. The van der Waals surface area contributed by atoms with Crippen molar-refractivity contribution in [2.24, 2.45) is 13.0 Å². The Morgan fingerprint density at radius 2 is 1.79 bits per heavy atom. The number of carboxylic acids is 1. The van der Waals surface area contributed by atoms with Gasteiger partial charge in [0.15, 0.2) is 0 Å². The molecule has 10 heteroatoms. The highest BCUT2D eigenvalue weighted by atomic mass is 35.5. The number of aromatic nitrogens is 4. The van der Waals surface area contributed by atoms with Gasteiger partial charge in [0, 0.05) is 82.7 Å². The van der Waals surface area contributed by atoms with Crippen molar-refractivity contribution in [2.75, 3.05) is 20.2 Å². The number of fused-ring (bicyclic) bond motifs is 2. The molecule has 6 rings (SSSR count). The second-order valence-electron chi connectivity index (χ2n) is 15.9. The minimum absolute atomic E-state index is 0.0105. The van der Waals surface area contributed by atoms with E-state index >= 15 is 0 Å². The number of carbonyl (C=O) groups is 1. The van der Waals surface area contributed by atoms with Crippen molar-refractivity contribution in [1.82, 2.24) is 24.2 Å². The minimum atomic E-state index is -0.946. The van der Waals surface area contributed by atoms with E-state index in [0.29, 0.717) is 24.1 Å². The predicted molar refractivity (Wildman–Crippen MR) is 233 cm³/mol. The lowest BCUT2D eigenvalue weighted by Crippen LogP contribution is -2.21. The molecule has 0 saturated carbocycles. The number of aryl methyl sites for hydroxylation is 3. The van der Waals surface area contributed by atoms with Crippen LogP contribution in [0.15, 0.2) is 58.8 Å². The summed E-state index contributed by atoms with van der Waals surface area (Å²) in [6, 6.07) is 9.65. The van der Waals surface area contributed by atoms with Gasteiger partial charge in [0.2, 0.25) is 0 Å². The lowest BCUT2D eigenvalue weighted by molar-refractivity contribution is 0.0697. The largest absolute Gasteiger partial charge is 0.478 e. The van der Waals surface area contributed by atoms with Gasteiger partial charge < -0.3 is 24.3 Å². The molecule has 0 amide bonds. The van der Waals surface area contributed by atoms with Crippen molar-refractivity contribution >= 4 is 51.0 Å². The van der Waals surface area contributed by atoms with E-state index in [1.807, 2.05) is 39.2 Å². The molecular formula is C46H59Cl2N5O3. The van der Waals surface area contributed by atoms with E-state index < -0.39 is 5.97 Å². The Kier molecular flexibility index (Phi) is 13.3. The van der Waals surface area contributed by atoms with E-state index in [1.165, 1.54) is 18.4 Å². The highest BCUT2D eigenvalue weighted by Gasteiger charge is 2.30. The monoisotopic (exact) mass is 799 g/mol. The second-order valence-corrected chi connectivity index (χ2v) is 16.7. The molecular weight excluding hydrogens is 741 g/mol. The van der Waals surface area contributed by atoms with Crippen LogP contribution in [0.3, 0.4) is 0 Å².